The zero-order valence-electron chi connectivity index (χ0n) is 24.7. The maximum atomic E-state index is 4.65. The number of aromatic nitrogens is 1. The van der Waals surface area contributed by atoms with Crippen molar-refractivity contribution in [1.29, 1.82) is 0 Å². The van der Waals surface area contributed by atoms with Crippen LogP contribution in [0.25, 0.3) is 82.3 Å². The van der Waals surface area contributed by atoms with Crippen LogP contribution in [0.5, 0.6) is 0 Å². The molecule has 212 valence electrons. The van der Waals surface area contributed by atoms with Crippen LogP contribution in [0.15, 0.2) is 164 Å². The largest absolute Gasteiger partial charge is 0.681 e. The number of nitrogens with zero attached hydrogens (tertiary/aromatic N) is 2. The Hall–Kier alpha value is -5.86. The van der Waals surface area contributed by atoms with Crippen LogP contribution in [0.1, 0.15) is 5.56 Å². The molecule has 0 fully saturated rings. The van der Waals surface area contributed by atoms with Gasteiger partial charge < -0.3 is 9.88 Å². The van der Waals surface area contributed by atoms with Crippen molar-refractivity contribution in [3.8, 4) is 27.9 Å². The van der Waals surface area contributed by atoms with Gasteiger partial charge in [0.2, 0.25) is 0 Å². The SMILES string of the molecule is C1=CC[N-]C(c2ccc3cc(-c4ccc5c(ccc6c7ccc(-c8ccccc8)cc7n(-c7ccccc7)c56)c4)ccc3c2)=C1. The van der Waals surface area contributed by atoms with Crippen molar-refractivity contribution in [3.63, 3.8) is 0 Å². The number of hydrogen-bond acceptors (Lipinski definition) is 0. The van der Waals surface area contributed by atoms with Crippen LogP contribution >= 0.6 is 0 Å². The molecule has 0 N–H and O–H groups in total. The molecule has 2 heteroatoms. The molecule has 2 nitrogen and oxygen atoms in total. The first kappa shape index (κ1) is 25.6. The summed E-state index contributed by atoms with van der Waals surface area (Å²) in [4.78, 5) is 0. The maximum Gasteiger partial charge on any atom is 0.0619 e. The third-order valence-corrected chi connectivity index (χ3v) is 9.09. The van der Waals surface area contributed by atoms with Gasteiger partial charge in [-0.05, 0) is 80.4 Å². The monoisotopic (exact) mass is 573 g/mol. The number of allylic oxidation sites excluding steroid dienone is 2. The Morgan fingerprint density at radius 3 is 1.82 bits per heavy atom. The summed E-state index contributed by atoms with van der Waals surface area (Å²) in [6, 6.07) is 53.2. The molecule has 0 atom stereocenters. The van der Waals surface area contributed by atoms with Crippen LogP contribution in [-0.4, -0.2) is 11.1 Å². The van der Waals surface area contributed by atoms with Crippen molar-refractivity contribution in [2.24, 2.45) is 0 Å². The summed E-state index contributed by atoms with van der Waals surface area (Å²) in [6.45, 7) is 0.748. The van der Waals surface area contributed by atoms with E-state index in [-0.39, 0.29) is 0 Å². The van der Waals surface area contributed by atoms with Crippen LogP contribution in [0.3, 0.4) is 0 Å². The van der Waals surface area contributed by atoms with E-state index in [1.807, 2.05) is 0 Å². The second-order valence-corrected chi connectivity index (χ2v) is 11.8. The summed E-state index contributed by atoms with van der Waals surface area (Å²) in [6.07, 6.45) is 6.25. The standard InChI is InChI=1S/C43H29N2/c1-3-9-29(10-4-1)34-19-22-39-40-23-20-35-26-33(18-21-38(35)43(40)45(42(39)28-34)37-11-5-2-6-12-37)30-14-15-32-27-36(17-16-31(32)25-30)41-13-7-8-24-44-41/h1-23,25-28H,24H2/q-1. The van der Waals surface area contributed by atoms with Gasteiger partial charge in [0, 0.05) is 21.8 Å². The first-order valence-corrected chi connectivity index (χ1v) is 15.5. The highest BCUT2D eigenvalue weighted by atomic mass is 15.0. The molecule has 2 heterocycles. The Balaban J connectivity index is 1.20. The Morgan fingerprint density at radius 2 is 1.07 bits per heavy atom. The molecule has 1 aliphatic heterocycles. The fourth-order valence-electron chi connectivity index (χ4n) is 6.87. The molecule has 45 heavy (non-hydrogen) atoms. The lowest BCUT2D eigenvalue weighted by molar-refractivity contribution is 1.19. The number of para-hydroxylation sites is 1. The van der Waals surface area contributed by atoms with E-state index in [2.05, 4.69) is 174 Å². The van der Waals surface area contributed by atoms with E-state index in [1.165, 1.54) is 76.9 Å². The molecule has 9 rings (SSSR count). The van der Waals surface area contributed by atoms with Gasteiger partial charge in [0.15, 0.2) is 0 Å². The second kappa shape index (κ2) is 10.4. The quantitative estimate of drug-likeness (QED) is 0.199. The average Bonchev–Trinajstić information content (AvgIpc) is 3.46. The van der Waals surface area contributed by atoms with Crippen LogP contribution in [0.4, 0.5) is 0 Å². The van der Waals surface area contributed by atoms with E-state index in [0.717, 1.165) is 12.2 Å². The van der Waals surface area contributed by atoms with Gasteiger partial charge >= 0.3 is 0 Å². The summed E-state index contributed by atoms with van der Waals surface area (Å²) in [5.41, 5.74) is 10.7. The third-order valence-electron chi connectivity index (χ3n) is 9.09. The number of fused-ring (bicyclic) bond motifs is 6. The molecule has 8 aromatic rings. The molecular formula is C43H29N2-. The van der Waals surface area contributed by atoms with Crippen molar-refractivity contribution in [2.45, 2.75) is 0 Å². The Bertz CT molecular complexity index is 2460. The molecule has 0 saturated carbocycles. The maximum absolute atomic E-state index is 4.65. The molecule has 0 bridgehead atoms. The summed E-state index contributed by atoms with van der Waals surface area (Å²) in [7, 11) is 0. The van der Waals surface area contributed by atoms with Crippen LogP contribution < -0.4 is 0 Å². The average molecular weight is 574 g/mol. The lowest BCUT2D eigenvalue weighted by Crippen LogP contribution is -1.94. The van der Waals surface area contributed by atoms with Gasteiger partial charge in [-0.2, -0.15) is 0 Å². The van der Waals surface area contributed by atoms with Gasteiger partial charge in [-0.1, -0.05) is 121 Å². The normalized spacial score (nSPS) is 13.0. The number of hydrogen-bond donors (Lipinski definition) is 0. The van der Waals surface area contributed by atoms with Crippen molar-refractivity contribution >= 4 is 49.0 Å². The van der Waals surface area contributed by atoms with Gasteiger partial charge in [-0.3, -0.25) is 0 Å². The van der Waals surface area contributed by atoms with E-state index in [1.54, 1.807) is 0 Å². The highest BCUT2D eigenvalue weighted by Crippen LogP contribution is 2.39. The second-order valence-electron chi connectivity index (χ2n) is 11.8. The summed E-state index contributed by atoms with van der Waals surface area (Å²) in [5.74, 6) is 0. The molecule has 0 radical (unpaired) electrons. The fraction of sp³-hybridized carbons (Fsp3) is 0.0233. The van der Waals surface area contributed by atoms with Crippen molar-refractivity contribution in [2.75, 3.05) is 6.54 Å². The highest BCUT2D eigenvalue weighted by molar-refractivity contribution is 6.19. The van der Waals surface area contributed by atoms with Crippen molar-refractivity contribution in [1.82, 2.24) is 4.57 Å². The molecule has 1 aromatic heterocycles. The fourth-order valence-corrected chi connectivity index (χ4v) is 6.87. The lowest BCUT2D eigenvalue weighted by Gasteiger charge is -2.26. The zero-order valence-corrected chi connectivity index (χ0v) is 24.7. The van der Waals surface area contributed by atoms with E-state index in [9.17, 15) is 0 Å². The van der Waals surface area contributed by atoms with Gasteiger partial charge in [0.25, 0.3) is 0 Å². The third kappa shape index (κ3) is 4.34. The first-order chi connectivity index (χ1) is 22.3. The van der Waals surface area contributed by atoms with Gasteiger partial charge in [0.05, 0.1) is 11.0 Å². The molecule has 0 amide bonds. The van der Waals surface area contributed by atoms with Gasteiger partial charge in [0.1, 0.15) is 0 Å². The molecule has 0 aliphatic carbocycles. The van der Waals surface area contributed by atoms with E-state index >= 15 is 0 Å². The highest BCUT2D eigenvalue weighted by Gasteiger charge is 2.16. The smallest absolute Gasteiger partial charge is 0.0619 e. The predicted molar refractivity (Wildman–Crippen MR) is 192 cm³/mol. The molecule has 0 spiro atoms. The number of rotatable bonds is 4. The van der Waals surface area contributed by atoms with Crippen LogP contribution in [0, 0.1) is 0 Å². The minimum atomic E-state index is 0.748. The molecule has 1 aliphatic rings. The molecule has 7 aromatic carbocycles. The topological polar surface area (TPSA) is 19.0 Å². The minimum Gasteiger partial charge on any atom is -0.681 e. The van der Waals surface area contributed by atoms with Gasteiger partial charge in [-0.15, -0.1) is 18.3 Å². The van der Waals surface area contributed by atoms with Gasteiger partial charge in [-0.25, -0.2) is 0 Å². The lowest BCUT2D eigenvalue weighted by atomic mass is 9.96. The summed E-state index contributed by atoms with van der Waals surface area (Å²) in [5, 5.41) is 12.1. The van der Waals surface area contributed by atoms with E-state index in [0.29, 0.717) is 0 Å². The Labute approximate surface area is 262 Å². The minimum absolute atomic E-state index is 0.748. The summed E-state index contributed by atoms with van der Waals surface area (Å²) < 4.78 is 2.44. The van der Waals surface area contributed by atoms with Crippen molar-refractivity contribution in [3.05, 3.63) is 175 Å². The van der Waals surface area contributed by atoms with Crippen LogP contribution in [0.2, 0.25) is 0 Å². The van der Waals surface area contributed by atoms with Crippen LogP contribution in [-0.2, 0) is 0 Å². The zero-order chi connectivity index (χ0) is 29.7. The summed E-state index contributed by atoms with van der Waals surface area (Å²) >= 11 is 0. The van der Waals surface area contributed by atoms with E-state index in [4.69, 9.17) is 0 Å². The Morgan fingerprint density at radius 1 is 0.467 bits per heavy atom. The molecular weight excluding hydrogens is 544 g/mol. The molecule has 0 saturated heterocycles. The number of benzene rings is 7. The van der Waals surface area contributed by atoms with E-state index < -0.39 is 0 Å². The van der Waals surface area contributed by atoms with Crippen molar-refractivity contribution < 1.29 is 0 Å². The predicted octanol–water partition coefficient (Wildman–Crippen LogP) is 11.7. The first-order valence-electron chi connectivity index (χ1n) is 15.5. The Kier molecular flexibility index (Phi) is 5.92. The molecule has 0 unspecified atom stereocenters.